The van der Waals surface area contributed by atoms with Gasteiger partial charge in [0.15, 0.2) is 0 Å². The molecule has 0 radical (unpaired) electrons. The minimum atomic E-state index is -0.326. The Morgan fingerprint density at radius 2 is 1.80 bits per heavy atom. The van der Waals surface area contributed by atoms with Gasteiger partial charge >= 0.3 is 0 Å². The number of piperidine rings is 2. The number of hydrogen-bond acceptors (Lipinski definition) is 5. The second kappa shape index (κ2) is 9.17. The van der Waals surface area contributed by atoms with Crippen LogP contribution in [0.2, 0.25) is 0 Å². The van der Waals surface area contributed by atoms with E-state index < -0.39 is 0 Å². The third-order valence-corrected chi connectivity index (χ3v) is 5.00. The van der Waals surface area contributed by atoms with E-state index in [9.17, 15) is 9.59 Å². The van der Waals surface area contributed by atoms with Crippen molar-refractivity contribution in [2.45, 2.75) is 37.6 Å². The molecule has 3 rings (SSSR count). The molecule has 2 aliphatic rings. The number of anilines is 1. The predicted molar refractivity (Wildman–Crippen MR) is 101 cm³/mol. The Morgan fingerprint density at radius 3 is 2.40 bits per heavy atom. The van der Waals surface area contributed by atoms with Gasteiger partial charge in [0, 0.05) is 25.2 Å². The van der Waals surface area contributed by atoms with E-state index in [-0.39, 0.29) is 30.3 Å². The van der Waals surface area contributed by atoms with Crippen molar-refractivity contribution in [2.75, 3.05) is 31.5 Å². The summed E-state index contributed by atoms with van der Waals surface area (Å²) in [4.78, 5) is 25.4. The largest absolute Gasteiger partial charge is 0.374 e. The molecule has 138 valence electrons. The maximum absolute atomic E-state index is 11.8. The molecule has 2 aliphatic heterocycles. The van der Waals surface area contributed by atoms with Crippen LogP contribution in [0, 0.1) is 0 Å². The molecule has 2 heterocycles. The Hall–Kier alpha value is -1.63. The highest BCUT2D eigenvalue weighted by atomic mass is 35.5. The zero-order chi connectivity index (χ0) is 16.9. The van der Waals surface area contributed by atoms with E-state index in [1.807, 2.05) is 12.1 Å². The zero-order valence-electron chi connectivity index (χ0n) is 14.4. The van der Waals surface area contributed by atoms with Gasteiger partial charge in [-0.15, -0.1) is 12.4 Å². The van der Waals surface area contributed by atoms with E-state index in [2.05, 4.69) is 27.7 Å². The lowest BCUT2D eigenvalue weighted by Gasteiger charge is -2.32. The lowest BCUT2D eigenvalue weighted by atomic mass is 9.89. The molecule has 25 heavy (non-hydrogen) atoms. The fraction of sp³-hybridized carbons (Fsp3) is 0.556. The summed E-state index contributed by atoms with van der Waals surface area (Å²) in [5.41, 5.74) is 7.90. The molecule has 0 spiro atoms. The van der Waals surface area contributed by atoms with Crippen LogP contribution in [0.4, 0.5) is 5.69 Å². The second-order valence-corrected chi connectivity index (χ2v) is 6.67. The highest BCUT2D eigenvalue weighted by Gasteiger charge is 2.26. The summed E-state index contributed by atoms with van der Waals surface area (Å²) in [6.07, 6.45) is 3.27. The number of halogens is 1. The van der Waals surface area contributed by atoms with Crippen LogP contribution in [0.15, 0.2) is 24.3 Å². The molecule has 2 fully saturated rings. The van der Waals surface area contributed by atoms with Crippen LogP contribution < -0.4 is 16.4 Å². The molecule has 0 aromatic heterocycles. The number of carbonyl (C=O) groups is 2. The Kier molecular flexibility index (Phi) is 7.23. The number of likely N-dealkylation sites (tertiary alicyclic amines) is 1. The van der Waals surface area contributed by atoms with Crippen molar-refractivity contribution >= 4 is 29.9 Å². The number of carbonyl (C=O) groups excluding carboxylic acids is 2. The molecule has 1 aromatic carbocycles. The highest BCUT2D eigenvalue weighted by Crippen LogP contribution is 2.29. The molecule has 1 atom stereocenters. The zero-order valence-corrected chi connectivity index (χ0v) is 15.2. The molecule has 6 nitrogen and oxygen atoms in total. The van der Waals surface area contributed by atoms with Crippen molar-refractivity contribution in [1.29, 1.82) is 0 Å². The van der Waals surface area contributed by atoms with Crippen LogP contribution in [0.5, 0.6) is 0 Å². The van der Waals surface area contributed by atoms with Gasteiger partial charge in [-0.25, -0.2) is 0 Å². The lowest BCUT2D eigenvalue weighted by Crippen LogP contribution is -2.47. The van der Waals surface area contributed by atoms with Gasteiger partial charge < -0.3 is 16.0 Å². The number of imide groups is 1. The molecule has 2 saturated heterocycles. The number of amides is 2. The van der Waals surface area contributed by atoms with E-state index in [4.69, 9.17) is 5.73 Å². The summed E-state index contributed by atoms with van der Waals surface area (Å²) in [6.45, 7) is 3.93. The molecule has 1 unspecified atom stereocenters. The van der Waals surface area contributed by atoms with E-state index in [0.717, 1.165) is 31.9 Å². The van der Waals surface area contributed by atoms with Crippen LogP contribution in [-0.4, -0.2) is 48.9 Å². The van der Waals surface area contributed by atoms with Gasteiger partial charge in [0.05, 0.1) is 0 Å². The normalized spacial score (nSPS) is 22.2. The molecule has 2 amide bonds. The maximum atomic E-state index is 11.8. The minimum absolute atomic E-state index is 0. The highest BCUT2D eigenvalue weighted by molar-refractivity contribution is 6.01. The van der Waals surface area contributed by atoms with Crippen molar-refractivity contribution in [2.24, 2.45) is 5.73 Å². The van der Waals surface area contributed by atoms with Crippen LogP contribution in [0.3, 0.4) is 0 Å². The van der Waals surface area contributed by atoms with E-state index in [0.29, 0.717) is 18.8 Å². The molecule has 4 N–H and O–H groups in total. The number of rotatable bonds is 5. The quantitative estimate of drug-likeness (QED) is 0.687. The van der Waals surface area contributed by atoms with Crippen molar-refractivity contribution in [3.8, 4) is 0 Å². The maximum Gasteiger partial charge on any atom is 0.249 e. The summed E-state index contributed by atoms with van der Waals surface area (Å²) >= 11 is 0. The van der Waals surface area contributed by atoms with Gasteiger partial charge in [-0.1, -0.05) is 12.1 Å². The van der Waals surface area contributed by atoms with E-state index in [1.54, 1.807) is 0 Å². The average Bonchev–Trinajstić information content (AvgIpc) is 2.59. The second-order valence-electron chi connectivity index (χ2n) is 6.67. The van der Waals surface area contributed by atoms with Gasteiger partial charge in [-0.3, -0.25) is 14.9 Å². The van der Waals surface area contributed by atoms with Crippen LogP contribution in [0.25, 0.3) is 0 Å². The Morgan fingerprint density at radius 1 is 1.12 bits per heavy atom. The fourth-order valence-electron chi connectivity index (χ4n) is 3.56. The fourth-order valence-corrected chi connectivity index (χ4v) is 3.56. The molecular weight excluding hydrogens is 340 g/mol. The monoisotopic (exact) mass is 366 g/mol. The first-order chi connectivity index (χ1) is 11.7. The smallest absolute Gasteiger partial charge is 0.249 e. The van der Waals surface area contributed by atoms with E-state index in [1.165, 1.54) is 18.4 Å². The first-order valence-electron chi connectivity index (χ1n) is 8.78. The van der Waals surface area contributed by atoms with E-state index >= 15 is 0 Å². The topological polar surface area (TPSA) is 87.5 Å². The van der Waals surface area contributed by atoms with Crippen molar-refractivity contribution in [3.63, 3.8) is 0 Å². The van der Waals surface area contributed by atoms with Crippen molar-refractivity contribution < 1.29 is 9.59 Å². The standard InChI is InChI=1S/C18H26N4O2.ClH/c19-9-12-22-10-7-14(8-11-22)13-1-3-15(4-2-13)20-16-5-6-17(23)21-18(16)24;/h1-4,14,16,20H,5-12,19H2,(H,21,23,24);1H. The summed E-state index contributed by atoms with van der Waals surface area (Å²) < 4.78 is 0. The minimum Gasteiger partial charge on any atom is -0.374 e. The number of benzene rings is 1. The number of nitrogens with zero attached hydrogens (tertiary/aromatic N) is 1. The third kappa shape index (κ3) is 5.17. The Balaban J connectivity index is 0.00000225. The molecule has 7 heteroatoms. The van der Waals surface area contributed by atoms with Crippen LogP contribution in [-0.2, 0) is 9.59 Å². The predicted octanol–water partition coefficient (Wildman–Crippen LogP) is 1.46. The lowest BCUT2D eigenvalue weighted by molar-refractivity contribution is -0.133. The van der Waals surface area contributed by atoms with Crippen molar-refractivity contribution in [3.05, 3.63) is 29.8 Å². The van der Waals surface area contributed by atoms with Gasteiger partial charge in [0.25, 0.3) is 0 Å². The van der Waals surface area contributed by atoms with Gasteiger partial charge in [0.1, 0.15) is 6.04 Å². The first-order valence-corrected chi connectivity index (χ1v) is 8.78. The summed E-state index contributed by atoms with van der Waals surface area (Å²) in [5, 5.41) is 5.59. The average molecular weight is 367 g/mol. The number of nitrogens with one attached hydrogen (secondary N) is 2. The molecular formula is C18H27ClN4O2. The molecule has 1 aromatic rings. The molecule has 0 aliphatic carbocycles. The molecule has 0 saturated carbocycles. The molecule has 0 bridgehead atoms. The summed E-state index contributed by atoms with van der Waals surface area (Å²) in [6, 6.07) is 8.04. The summed E-state index contributed by atoms with van der Waals surface area (Å²) in [5.74, 6) is 0.181. The summed E-state index contributed by atoms with van der Waals surface area (Å²) in [7, 11) is 0. The first kappa shape index (κ1) is 19.7. The number of hydrogen-bond donors (Lipinski definition) is 3. The third-order valence-electron chi connectivity index (χ3n) is 5.00. The van der Waals surface area contributed by atoms with Gasteiger partial charge in [0.2, 0.25) is 11.8 Å². The Labute approximate surface area is 154 Å². The van der Waals surface area contributed by atoms with Gasteiger partial charge in [-0.2, -0.15) is 0 Å². The van der Waals surface area contributed by atoms with Crippen LogP contribution >= 0.6 is 12.4 Å². The van der Waals surface area contributed by atoms with Crippen LogP contribution in [0.1, 0.15) is 37.2 Å². The number of nitrogens with two attached hydrogens (primary N) is 1. The SMILES string of the molecule is Cl.NCCN1CCC(c2ccc(NC3CCC(=O)NC3=O)cc2)CC1. The Bertz CT molecular complexity index is 585. The van der Waals surface area contributed by atoms with Gasteiger partial charge in [-0.05, 0) is 56.0 Å². The van der Waals surface area contributed by atoms with Crippen molar-refractivity contribution in [1.82, 2.24) is 10.2 Å².